The molecule has 0 unspecified atom stereocenters. The van der Waals surface area contributed by atoms with Crippen LogP contribution in [0.2, 0.25) is 0 Å². The van der Waals surface area contributed by atoms with Crippen LogP contribution in [-0.2, 0) is 4.79 Å². The van der Waals surface area contributed by atoms with E-state index in [4.69, 9.17) is 12.2 Å². The Morgan fingerprint density at radius 3 is 3.00 bits per heavy atom. The Bertz CT molecular complexity index is 429. The Labute approximate surface area is 126 Å². The molecule has 0 radical (unpaired) electrons. The van der Waals surface area contributed by atoms with Gasteiger partial charge in [0.05, 0.1) is 5.75 Å². The van der Waals surface area contributed by atoms with Crippen molar-refractivity contribution in [2.24, 2.45) is 5.92 Å². The number of amides is 1. The van der Waals surface area contributed by atoms with Gasteiger partial charge in [-0.1, -0.05) is 42.2 Å². The third kappa shape index (κ3) is 4.70. The summed E-state index contributed by atoms with van der Waals surface area (Å²) < 4.78 is 0.819. The number of thiocarbonyl (C=S) groups is 1. The SMILES string of the molecule is CC1CCN(C(=S)SCC(=O)Nc2nncs2)CC1. The van der Waals surface area contributed by atoms with Crippen molar-refractivity contribution in [2.45, 2.75) is 19.8 Å². The van der Waals surface area contributed by atoms with Crippen molar-refractivity contribution in [2.75, 3.05) is 24.2 Å². The summed E-state index contributed by atoms with van der Waals surface area (Å²) in [5.74, 6) is 1.02. The molecule has 0 aromatic carbocycles. The molecular formula is C11H16N4OS3. The zero-order valence-corrected chi connectivity index (χ0v) is 13.1. The zero-order chi connectivity index (χ0) is 13.7. The maximum Gasteiger partial charge on any atom is 0.236 e. The van der Waals surface area contributed by atoms with Gasteiger partial charge in [0.2, 0.25) is 11.0 Å². The first-order valence-electron chi connectivity index (χ1n) is 6.13. The van der Waals surface area contributed by atoms with Crippen LogP contribution in [-0.4, -0.2) is 44.2 Å². The van der Waals surface area contributed by atoms with E-state index >= 15 is 0 Å². The van der Waals surface area contributed by atoms with Crippen molar-refractivity contribution in [1.82, 2.24) is 15.1 Å². The van der Waals surface area contributed by atoms with E-state index in [9.17, 15) is 4.79 Å². The van der Waals surface area contributed by atoms with Crippen LogP contribution in [0.1, 0.15) is 19.8 Å². The van der Waals surface area contributed by atoms with Crippen molar-refractivity contribution in [3.05, 3.63) is 5.51 Å². The summed E-state index contributed by atoms with van der Waals surface area (Å²) in [6.07, 6.45) is 2.36. The molecule has 0 spiro atoms. The van der Waals surface area contributed by atoms with Gasteiger partial charge in [-0.15, -0.1) is 10.2 Å². The monoisotopic (exact) mass is 316 g/mol. The van der Waals surface area contributed by atoms with E-state index in [-0.39, 0.29) is 5.91 Å². The lowest BCUT2D eigenvalue weighted by molar-refractivity contribution is -0.113. The summed E-state index contributed by atoms with van der Waals surface area (Å²) in [6, 6.07) is 0. The highest BCUT2D eigenvalue weighted by atomic mass is 32.2. The molecule has 0 aliphatic carbocycles. The van der Waals surface area contributed by atoms with Gasteiger partial charge in [0.25, 0.3) is 0 Å². The van der Waals surface area contributed by atoms with Gasteiger partial charge in [-0.2, -0.15) is 0 Å². The molecule has 2 heterocycles. The van der Waals surface area contributed by atoms with E-state index in [0.717, 1.165) is 23.3 Å². The molecule has 1 aliphatic heterocycles. The Morgan fingerprint density at radius 2 is 2.37 bits per heavy atom. The highest BCUT2D eigenvalue weighted by molar-refractivity contribution is 8.23. The maximum atomic E-state index is 11.7. The Morgan fingerprint density at radius 1 is 1.63 bits per heavy atom. The lowest BCUT2D eigenvalue weighted by Gasteiger charge is -2.31. The van der Waals surface area contributed by atoms with Gasteiger partial charge in [0.1, 0.15) is 9.83 Å². The van der Waals surface area contributed by atoms with E-state index in [0.29, 0.717) is 10.9 Å². The molecule has 0 saturated carbocycles. The van der Waals surface area contributed by atoms with Crippen molar-refractivity contribution in [1.29, 1.82) is 0 Å². The normalized spacial score (nSPS) is 16.4. The molecule has 1 N–H and O–H groups in total. The van der Waals surface area contributed by atoms with Crippen LogP contribution >= 0.6 is 35.3 Å². The fourth-order valence-corrected chi connectivity index (χ4v) is 3.31. The average Bonchev–Trinajstić information content (AvgIpc) is 2.89. The Hall–Kier alpha value is -0.730. The Balaban J connectivity index is 1.70. The van der Waals surface area contributed by atoms with Crippen LogP contribution in [0, 0.1) is 5.92 Å². The first-order chi connectivity index (χ1) is 9.15. The van der Waals surface area contributed by atoms with Gasteiger partial charge < -0.3 is 4.90 Å². The molecule has 1 aromatic rings. The van der Waals surface area contributed by atoms with Crippen molar-refractivity contribution >= 4 is 50.7 Å². The van der Waals surface area contributed by atoms with Gasteiger partial charge in [-0.05, 0) is 18.8 Å². The number of rotatable bonds is 3. The maximum absolute atomic E-state index is 11.7. The number of hydrogen-bond donors (Lipinski definition) is 1. The van der Waals surface area contributed by atoms with Crippen LogP contribution < -0.4 is 5.32 Å². The van der Waals surface area contributed by atoms with Gasteiger partial charge in [-0.25, -0.2) is 0 Å². The first-order valence-corrected chi connectivity index (χ1v) is 8.40. The predicted molar refractivity (Wildman–Crippen MR) is 83.6 cm³/mol. The molecular weight excluding hydrogens is 300 g/mol. The second-order valence-electron chi connectivity index (χ2n) is 4.52. The van der Waals surface area contributed by atoms with Crippen LogP contribution in [0.5, 0.6) is 0 Å². The average molecular weight is 316 g/mol. The van der Waals surface area contributed by atoms with Gasteiger partial charge in [0, 0.05) is 13.1 Å². The summed E-state index contributed by atoms with van der Waals surface area (Å²) >= 11 is 8.09. The minimum absolute atomic E-state index is 0.0884. The van der Waals surface area contributed by atoms with Gasteiger partial charge >= 0.3 is 0 Å². The van der Waals surface area contributed by atoms with Crippen LogP contribution in [0.25, 0.3) is 0 Å². The van der Waals surface area contributed by atoms with Gasteiger partial charge in [-0.3, -0.25) is 10.1 Å². The number of thioether (sulfide) groups is 1. The van der Waals surface area contributed by atoms with Crippen molar-refractivity contribution < 1.29 is 4.79 Å². The predicted octanol–water partition coefficient (Wildman–Crippen LogP) is 2.23. The van der Waals surface area contributed by atoms with Crippen LogP contribution in [0.15, 0.2) is 5.51 Å². The fourth-order valence-electron chi connectivity index (χ4n) is 1.79. The smallest absolute Gasteiger partial charge is 0.236 e. The van der Waals surface area contributed by atoms with E-state index in [2.05, 4.69) is 27.3 Å². The molecule has 1 aliphatic rings. The molecule has 1 aromatic heterocycles. The number of hydrogen-bond acceptors (Lipinski definition) is 6. The number of anilines is 1. The standard InChI is InChI=1S/C11H16N4OS3/c1-8-2-4-15(5-3-8)11(17)18-6-9(16)13-10-14-12-7-19-10/h7-8H,2-6H2,1H3,(H,13,14,16). The number of aromatic nitrogens is 2. The number of carbonyl (C=O) groups is 1. The van der Waals surface area contributed by atoms with Crippen LogP contribution in [0.3, 0.4) is 0 Å². The minimum atomic E-state index is -0.0884. The van der Waals surface area contributed by atoms with E-state index < -0.39 is 0 Å². The number of nitrogens with one attached hydrogen (secondary N) is 1. The second kappa shape index (κ2) is 7.16. The van der Waals surface area contributed by atoms with Crippen LogP contribution in [0.4, 0.5) is 5.13 Å². The summed E-state index contributed by atoms with van der Waals surface area (Å²) in [6.45, 7) is 4.28. The molecule has 1 fully saturated rings. The lowest BCUT2D eigenvalue weighted by atomic mass is 10.00. The summed E-state index contributed by atoms with van der Waals surface area (Å²) in [5.41, 5.74) is 1.59. The van der Waals surface area contributed by atoms with E-state index in [1.807, 2.05) is 0 Å². The zero-order valence-electron chi connectivity index (χ0n) is 10.7. The molecule has 19 heavy (non-hydrogen) atoms. The second-order valence-corrected chi connectivity index (χ2v) is 6.96. The topological polar surface area (TPSA) is 58.1 Å². The Kier molecular flexibility index (Phi) is 5.53. The van der Waals surface area contributed by atoms with Crippen molar-refractivity contribution in [3.8, 4) is 0 Å². The fraction of sp³-hybridized carbons (Fsp3) is 0.636. The highest BCUT2D eigenvalue weighted by Crippen LogP contribution is 2.20. The molecule has 2 rings (SSSR count). The molecule has 1 amide bonds. The quantitative estimate of drug-likeness (QED) is 0.863. The molecule has 0 bridgehead atoms. The van der Waals surface area contributed by atoms with Gasteiger partial charge in [0.15, 0.2) is 0 Å². The summed E-state index contributed by atoms with van der Waals surface area (Å²) in [5, 5.41) is 10.7. The lowest BCUT2D eigenvalue weighted by Crippen LogP contribution is -2.36. The third-order valence-electron chi connectivity index (χ3n) is 2.97. The molecule has 8 heteroatoms. The van der Waals surface area contributed by atoms with Crippen molar-refractivity contribution in [3.63, 3.8) is 0 Å². The number of piperidine rings is 1. The molecule has 1 saturated heterocycles. The minimum Gasteiger partial charge on any atom is -0.357 e. The van der Waals surface area contributed by atoms with E-state index in [1.54, 1.807) is 5.51 Å². The van der Waals surface area contributed by atoms with E-state index in [1.165, 1.54) is 35.9 Å². The molecule has 104 valence electrons. The highest BCUT2D eigenvalue weighted by Gasteiger charge is 2.18. The third-order valence-corrected chi connectivity index (χ3v) is 5.11. The largest absolute Gasteiger partial charge is 0.357 e. The number of likely N-dealkylation sites (tertiary alicyclic amines) is 1. The summed E-state index contributed by atoms with van der Waals surface area (Å²) in [4.78, 5) is 13.9. The number of carbonyl (C=O) groups excluding carboxylic acids is 1. The first kappa shape index (κ1) is 14.7. The number of nitrogens with zero attached hydrogens (tertiary/aromatic N) is 3. The molecule has 5 nitrogen and oxygen atoms in total. The molecule has 0 atom stereocenters. The summed E-state index contributed by atoms with van der Waals surface area (Å²) in [7, 11) is 0.